The normalized spacial score (nSPS) is 16.6. The number of hydrogen-bond donors (Lipinski definition) is 1. The molecule has 0 saturated carbocycles. The van der Waals surface area contributed by atoms with E-state index < -0.39 is 0 Å². The largest absolute Gasteiger partial charge is 0.319 e. The maximum atomic E-state index is 12.2. The van der Waals surface area contributed by atoms with E-state index in [0.717, 1.165) is 37.4 Å². The van der Waals surface area contributed by atoms with E-state index in [1.807, 2.05) is 18.1 Å². The fourth-order valence-corrected chi connectivity index (χ4v) is 4.38. The Balaban J connectivity index is 0.000000185. The van der Waals surface area contributed by atoms with Gasteiger partial charge in [-0.05, 0) is 98.2 Å². The average Bonchev–Trinajstić information content (AvgIpc) is 2.87. The summed E-state index contributed by atoms with van der Waals surface area (Å²) in [7, 11) is 2.03. The molecule has 4 rings (SSSR count). The molecular weight excluding hydrogens is 380 g/mol. The van der Waals surface area contributed by atoms with E-state index in [-0.39, 0.29) is 5.91 Å². The first-order valence-electron chi connectivity index (χ1n) is 11.7. The summed E-state index contributed by atoms with van der Waals surface area (Å²) < 4.78 is 0. The molecular formula is C28H38N2O. The number of amides is 1. The number of carbonyl (C=O) groups is 1. The molecule has 2 aromatic rings. The van der Waals surface area contributed by atoms with Gasteiger partial charge in [0, 0.05) is 25.2 Å². The first kappa shape index (κ1) is 23.3. The van der Waals surface area contributed by atoms with Crippen LogP contribution in [0.1, 0.15) is 70.2 Å². The van der Waals surface area contributed by atoms with Gasteiger partial charge in [0.25, 0.3) is 0 Å². The van der Waals surface area contributed by atoms with Gasteiger partial charge < -0.3 is 10.2 Å². The molecule has 0 unspecified atom stereocenters. The van der Waals surface area contributed by atoms with Gasteiger partial charge in [-0.25, -0.2) is 0 Å². The van der Waals surface area contributed by atoms with Crippen LogP contribution >= 0.6 is 0 Å². The highest BCUT2D eigenvalue weighted by Crippen LogP contribution is 2.36. The third kappa shape index (κ3) is 5.46. The van der Waals surface area contributed by atoms with Crippen LogP contribution < -0.4 is 5.32 Å². The van der Waals surface area contributed by atoms with Gasteiger partial charge in [-0.2, -0.15) is 0 Å². The van der Waals surface area contributed by atoms with E-state index in [1.54, 1.807) is 11.1 Å². The quantitative estimate of drug-likeness (QED) is 0.683. The summed E-state index contributed by atoms with van der Waals surface area (Å²) in [5.74, 6) is 0.973. The van der Waals surface area contributed by atoms with Crippen LogP contribution in [0.25, 0.3) is 6.08 Å². The van der Waals surface area contributed by atoms with Gasteiger partial charge in [0.05, 0.1) is 6.42 Å². The second kappa shape index (κ2) is 10.3. The summed E-state index contributed by atoms with van der Waals surface area (Å²) in [4.78, 5) is 14.0. The monoisotopic (exact) mass is 418 g/mol. The van der Waals surface area contributed by atoms with Crippen LogP contribution in [0.2, 0.25) is 0 Å². The molecule has 0 bridgehead atoms. The third-order valence-electron chi connectivity index (χ3n) is 6.72. The number of likely N-dealkylation sites (N-methyl/N-ethyl adjacent to an activating group) is 1. The number of fused-ring (bicyclic) bond motifs is 2. The zero-order chi connectivity index (χ0) is 22.5. The van der Waals surface area contributed by atoms with E-state index in [1.165, 1.54) is 34.2 Å². The maximum absolute atomic E-state index is 12.2. The number of hydrogen-bond acceptors (Lipinski definition) is 2. The minimum atomic E-state index is 0.210. The van der Waals surface area contributed by atoms with Crippen LogP contribution in [-0.2, 0) is 17.6 Å². The molecule has 1 amide bonds. The number of aryl methyl sites for hydroxylation is 4. The van der Waals surface area contributed by atoms with Crippen LogP contribution in [0.15, 0.2) is 30.5 Å². The average molecular weight is 419 g/mol. The van der Waals surface area contributed by atoms with Crippen molar-refractivity contribution in [2.45, 2.75) is 66.2 Å². The van der Waals surface area contributed by atoms with Gasteiger partial charge in [-0.3, -0.25) is 4.79 Å². The lowest BCUT2D eigenvalue weighted by Crippen LogP contribution is -2.27. The van der Waals surface area contributed by atoms with Crippen molar-refractivity contribution in [3.05, 3.63) is 75.0 Å². The zero-order valence-corrected chi connectivity index (χ0v) is 20.1. The smallest absolute Gasteiger partial charge is 0.230 e. The number of rotatable bonds is 5. The number of nitrogens with one attached hydrogen (secondary N) is 1. The highest BCUT2D eigenvalue weighted by molar-refractivity contribution is 5.83. The second-order valence-corrected chi connectivity index (χ2v) is 9.16. The van der Waals surface area contributed by atoms with Crippen molar-refractivity contribution in [1.29, 1.82) is 0 Å². The Kier molecular flexibility index (Phi) is 7.72. The standard InChI is InChI=1S/C16H21NO.C12H17N/c1-4-5-7-17-8-6-14-9-12(2)13(3)10-15(14)11-16(17)18;1-8-4-10-6-11(7-13-3)12(10)5-9(8)2/h6,8-10H,4-5,7,11H2,1-3H3;4-5,11,13H,6-7H2,1-3H3/t;11-/m.1/s1. The molecule has 1 N–H and O–H groups in total. The van der Waals surface area contributed by atoms with E-state index in [9.17, 15) is 4.79 Å². The van der Waals surface area contributed by atoms with Crippen molar-refractivity contribution in [3.63, 3.8) is 0 Å². The van der Waals surface area contributed by atoms with Crippen LogP contribution in [0.5, 0.6) is 0 Å². The minimum absolute atomic E-state index is 0.210. The molecule has 166 valence electrons. The molecule has 1 aliphatic carbocycles. The Morgan fingerprint density at radius 2 is 1.61 bits per heavy atom. The van der Waals surface area contributed by atoms with E-state index in [4.69, 9.17) is 0 Å². The molecule has 1 atom stereocenters. The van der Waals surface area contributed by atoms with Gasteiger partial charge in [0.1, 0.15) is 0 Å². The lowest BCUT2D eigenvalue weighted by molar-refractivity contribution is -0.127. The predicted molar refractivity (Wildman–Crippen MR) is 132 cm³/mol. The summed E-state index contributed by atoms with van der Waals surface area (Å²) in [5.41, 5.74) is 10.9. The Labute approximate surface area is 188 Å². The van der Waals surface area contributed by atoms with Crippen LogP contribution in [0.3, 0.4) is 0 Å². The lowest BCUT2D eigenvalue weighted by Gasteiger charge is -2.31. The highest BCUT2D eigenvalue weighted by Gasteiger charge is 2.25. The molecule has 0 saturated heterocycles. The lowest BCUT2D eigenvalue weighted by atomic mass is 9.76. The van der Waals surface area contributed by atoms with E-state index >= 15 is 0 Å². The van der Waals surface area contributed by atoms with Crippen molar-refractivity contribution < 1.29 is 4.79 Å². The molecule has 2 aliphatic rings. The summed E-state index contributed by atoms with van der Waals surface area (Å²) in [5, 5.41) is 3.24. The highest BCUT2D eigenvalue weighted by atomic mass is 16.2. The summed E-state index contributed by atoms with van der Waals surface area (Å²) in [6.45, 7) is 12.7. The van der Waals surface area contributed by atoms with Crippen molar-refractivity contribution in [2.24, 2.45) is 0 Å². The van der Waals surface area contributed by atoms with Gasteiger partial charge in [0.15, 0.2) is 0 Å². The molecule has 3 heteroatoms. The summed E-state index contributed by atoms with van der Waals surface area (Å²) >= 11 is 0. The van der Waals surface area contributed by atoms with Crippen molar-refractivity contribution in [3.8, 4) is 0 Å². The number of carbonyl (C=O) groups excluding carboxylic acids is 1. The number of nitrogens with zero attached hydrogens (tertiary/aromatic N) is 1. The van der Waals surface area contributed by atoms with Gasteiger partial charge in [-0.1, -0.05) is 37.6 Å². The van der Waals surface area contributed by atoms with Crippen LogP contribution in [-0.4, -0.2) is 30.9 Å². The Morgan fingerprint density at radius 1 is 0.968 bits per heavy atom. The Bertz CT molecular complexity index is 973. The number of unbranched alkanes of at least 4 members (excludes halogenated alkanes) is 1. The molecule has 0 aromatic heterocycles. The van der Waals surface area contributed by atoms with Crippen molar-refractivity contribution >= 4 is 12.0 Å². The number of benzene rings is 2. The first-order valence-corrected chi connectivity index (χ1v) is 11.7. The molecule has 3 nitrogen and oxygen atoms in total. The molecule has 0 radical (unpaired) electrons. The predicted octanol–water partition coefficient (Wildman–Crippen LogP) is 5.62. The fraction of sp³-hybridized carbons (Fsp3) is 0.464. The molecule has 1 heterocycles. The van der Waals surface area contributed by atoms with Crippen LogP contribution in [0.4, 0.5) is 0 Å². The van der Waals surface area contributed by atoms with Crippen molar-refractivity contribution in [2.75, 3.05) is 20.1 Å². The molecule has 2 aromatic carbocycles. The van der Waals surface area contributed by atoms with E-state index in [0.29, 0.717) is 6.42 Å². The second-order valence-electron chi connectivity index (χ2n) is 9.16. The van der Waals surface area contributed by atoms with E-state index in [2.05, 4.69) is 70.3 Å². The molecule has 31 heavy (non-hydrogen) atoms. The van der Waals surface area contributed by atoms with Gasteiger partial charge >= 0.3 is 0 Å². The molecule has 1 aliphatic heterocycles. The minimum Gasteiger partial charge on any atom is -0.319 e. The summed E-state index contributed by atoms with van der Waals surface area (Å²) in [6, 6.07) is 9.03. The first-order chi connectivity index (χ1) is 14.8. The Morgan fingerprint density at radius 3 is 2.29 bits per heavy atom. The fourth-order valence-electron chi connectivity index (χ4n) is 4.38. The Hall–Kier alpha value is -2.39. The SMILES string of the molecule is CCCCN1C=Cc2cc(C)c(C)cc2CC1=O.CNC[C@H]1Cc2cc(C)c(C)cc21. The van der Waals surface area contributed by atoms with Crippen LogP contribution in [0, 0.1) is 27.7 Å². The van der Waals surface area contributed by atoms with Gasteiger partial charge in [0.2, 0.25) is 5.91 Å². The maximum Gasteiger partial charge on any atom is 0.230 e. The zero-order valence-electron chi connectivity index (χ0n) is 20.1. The topological polar surface area (TPSA) is 32.3 Å². The van der Waals surface area contributed by atoms with Gasteiger partial charge in [-0.15, -0.1) is 0 Å². The molecule has 0 spiro atoms. The third-order valence-corrected chi connectivity index (χ3v) is 6.72. The van der Waals surface area contributed by atoms with Crippen molar-refractivity contribution in [1.82, 2.24) is 10.2 Å². The molecule has 0 fully saturated rings. The summed E-state index contributed by atoms with van der Waals surface area (Å²) in [6.07, 6.45) is 7.97.